The number of carbonyl (C=O) groups excluding carboxylic acids is 3. The summed E-state index contributed by atoms with van der Waals surface area (Å²) in [6.07, 6.45) is 0. The summed E-state index contributed by atoms with van der Waals surface area (Å²) >= 11 is 1.24. The van der Waals surface area contributed by atoms with Crippen LogP contribution in [0.1, 0.15) is 25.6 Å². The highest BCUT2D eigenvalue weighted by Gasteiger charge is 2.17. The van der Waals surface area contributed by atoms with Gasteiger partial charge in [0.1, 0.15) is 4.88 Å². The number of ether oxygens (including phenoxy) is 1. The van der Waals surface area contributed by atoms with Crippen molar-refractivity contribution in [1.29, 1.82) is 0 Å². The van der Waals surface area contributed by atoms with E-state index < -0.39 is 24.4 Å². The van der Waals surface area contributed by atoms with Gasteiger partial charge in [-0.15, -0.1) is 11.3 Å². The molecule has 1 aromatic heterocycles. The number of hydrazine groups is 1. The van der Waals surface area contributed by atoms with Crippen molar-refractivity contribution in [2.75, 3.05) is 6.61 Å². The van der Waals surface area contributed by atoms with Crippen LogP contribution in [0.25, 0.3) is 11.1 Å². The second kappa shape index (κ2) is 8.96. The molecule has 6 nitrogen and oxygen atoms in total. The minimum atomic E-state index is -0.633. The molecule has 7 heteroatoms. The van der Waals surface area contributed by atoms with Crippen molar-refractivity contribution >= 4 is 29.1 Å². The number of carbonyl (C=O) groups is 3. The van der Waals surface area contributed by atoms with Gasteiger partial charge in [0.25, 0.3) is 11.8 Å². The summed E-state index contributed by atoms with van der Waals surface area (Å²) in [7, 11) is 0. The Kier molecular flexibility index (Phi) is 6.18. The number of aryl methyl sites for hydroxylation is 1. The highest BCUT2D eigenvalue weighted by Crippen LogP contribution is 2.28. The van der Waals surface area contributed by atoms with Gasteiger partial charge < -0.3 is 4.74 Å². The van der Waals surface area contributed by atoms with E-state index in [-0.39, 0.29) is 0 Å². The van der Waals surface area contributed by atoms with Crippen molar-refractivity contribution in [3.8, 4) is 11.1 Å². The number of esters is 1. The molecule has 2 aromatic carbocycles. The van der Waals surface area contributed by atoms with Crippen LogP contribution in [-0.4, -0.2) is 24.4 Å². The predicted octanol–water partition coefficient (Wildman–Crippen LogP) is 3.34. The summed E-state index contributed by atoms with van der Waals surface area (Å²) in [5.74, 6) is -1.68. The Balaban J connectivity index is 1.51. The Hall–Kier alpha value is -3.45. The zero-order valence-electron chi connectivity index (χ0n) is 15.1. The van der Waals surface area contributed by atoms with Crippen LogP contribution >= 0.6 is 11.3 Å². The summed E-state index contributed by atoms with van der Waals surface area (Å²) in [4.78, 5) is 36.6. The third-order valence-electron chi connectivity index (χ3n) is 3.90. The third kappa shape index (κ3) is 4.83. The van der Waals surface area contributed by atoms with Crippen molar-refractivity contribution in [2.24, 2.45) is 0 Å². The van der Waals surface area contributed by atoms with E-state index in [0.29, 0.717) is 10.4 Å². The van der Waals surface area contributed by atoms with Crippen LogP contribution in [0.3, 0.4) is 0 Å². The van der Waals surface area contributed by atoms with Crippen LogP contribution in [0.5, 0.6) is 0 Å². The second-order valence-corrected chi connectivity index (χ2v) is 6.89. The number of rotatable bonds is 5. The lowest BCUT2D eigenvalue weighted by molar-refractivity contribution is -0.125. The Morgan fingerprint density at radius 2 is 1.64 bits per heavy atom. The van der Waals surface area contributed by atoms with Gasteiger partial charge >= 0.3 is 5.97 Å². The van der Waals surface area contributed by atoms with Gasteiger partial charge in [0.2, 0.25) is 0 Å². The molecule has 2 amide bonds. The van der Waals surface area contributed by atoms with Gasteiger partial charge in [0.15, 0.2) is 6.61 Å². The van der Waals surface area contributed by atoms with Crippen LogP contribution in [0.15, 0.2) is 66.0 Å². The number of benzene rings is 2. The van der Waals surface area contributed by atoms with E-state index in [1.807, 2.05) is 43.3 Å². The maximum Gasteiger partial charge on any atom is 0.349 e. The molecule has 28 heavy (non-hydrogen) atoms. The van der Waals surface area contributed by atoms with Gasteiger partial charge in [0, 0.05) is 11.1 Å². The standard InChI is InChI=1S/C21H18N2O4S/c1-14-7-9-16(10-8-14)20(25)23-22-18(24)13-27-21(26)19-17(11-12-28-19)15-5-3-2-4-6-15/h2-12H,13H2,1H3,(H,22,24)(H,23,25). The first-order valence-electron chi connectivity index (χ1n) is 8.50. The quantitative estimate of drug-likeness (QED) is 0.513. The SMILES string of the molecule is Cc1ccc(C(=O)NNC(=O)COC(=O)c2sccc2-c2ccccc2)cc1. The van der Waals surface area contributed by atoms with Gasteiger partial charge in [-0.2, -0.15) is 0 Å². The molecule has 3 rings (SSSR count). The average Bonchev–Trinajstić information content (AvgIpc) is 3.21. The molecule has 0 fully saturated rings. The minimum Gasteiger partial charge on any atom is -0.451 e. The fourth-order valence-electron chi connectivity index (χ4n) is 2.45. The Bertz CT molecular complexity index is 981. The molecule has 0 bridgehead atoms. The molecule has 2 N–H and O–H groups in total. The van der Waals surface area contributed by atoms with Crippen molar-refractivity contribution in [3.05, 3.63) is 82.0 Å². The fourth-order valence-corrected chi connectivity index (χ4v) is 3.26. The molecule has 0 saturated carbocycles. The average molecular weight is 394 g/mol. The molecule has 0 saturated heterocycles. The Morgan fingerprint density at radius 1 is 0.929 bits per heavy atom. The topological polar surface area (TPSA) is 84.5 Å². The highest BCUT2D eigenvalue weighted by molar-refractivity contribution is 7.12. The summed E-state index contributed by atoms with van der Waals surface area (Å²) in [5.41, 5.74) is 7.60. The Labute approximate surface area is 166 Å². The summed E-state index contributed by atoms with van der Waals surface area (Å²) in [5, 5.41) is 1.79. The molecule has 0 radical (unpaired) electrons. The molecular formula is C21H18N2O4S. The first-order valence-corrected chi connectivity index (χ1v) is 9.38. The van der Waals surface area contributed by atoms with Crippen LogP contribution in [0.4, 0.5) is 0 Å². The van der Waals surface area contributed by atoms with Crippen LogP contribution in [-0.2, 0) is 9.53 Å². The highest BCUT2D eigenvalue weighted by atomic mass is 32.1. The molecule has 1 heterocycles. The maximum atomic E-state index is 12.3. The first kappa shape index (κ1) is 19.3. The van der Waals surface area contributed by atoms with Gasteiger partial charge in [-0.25, -0.2) is 4.79 Å². The maximum absolute atomic E-state index is 12.3. The lowest BCUT2D eigenvalue weighted by atomic mass is 10.1. The number of amides is 2. The number of hydrogen-bond donors (Lipinski definition) is 2. The summed E-state index contributed by atoms with van der Waals surface area (Å²) in [6.45, 7) is 1.41. The number of nitrogens with one attached hydrogen (secondary N) is 2. The zero-order valence-corrected chi connectivity index (χ0v) is 15.9. The van der Waals surface area contributed by atoms with Crippen molar-refractivity contribution in [2.45, 2.75) is 6.92 Å². The van der Waals surface area contributed by atoms with E-state index in [1.54, 1.807) is 29.6 Å². The number of thiophene rings is 1. The first-order chi connectivity index (χ1) is 13.5. The third-order valence-corrected chi connectivity index (χ3v) is 4.79. The molecule has 0 aliphatic heterocycles. The molecule has 0 unspecified atom stereocenters. The normalized spacial score (nSPS) is 10.2. The van der Waals surface area contributed by atoms with E-state index in [1.165, 1.54) is 11.3 Å². The zero-order chi connectivity index (χ0) is 19.9. The molecule has 3 aromatic rings. The van der Waals surface area contributed by atoms with Crippen molar-refractivity contribution < 1.29 is 19.1 Å². The van der Waals surface area contributed by atoms with E-state index in [9.17, 15) is 14.4 Å². The molecular weight excluding hydrogens is 376 g/mol. The molecule has 0 aliphatic carbocycles. The summed E-state index contributed by atoms with van der Waals surface area (Å²) < 4.78 is 5.07. The minimum absolute atomic E-state index is 0.411. The summed E-state index contributed by atoms with van der Waals surface area (Å²) in [6, 6.07) is 18.2. The van der Waals surface area contributed by atoms with Crippen molar-refractivity contribution in [3.63, 3.8) is 0 Å². The Morgan fingerprint density at radius 3 is 2.36 bits per heavy atom. The van der Waals surface area contributed by atoms with E-state index in [4.69, 9.17) is 4.74 Å². The molecule has 0 aliphatic rings. The molecule has 0 spiro atoms. The largest absolute Gasteiger partial charge is 0.451 e. The van der Waals surface area contributed by atoms with Gasteiger partial charge in [-0.1, -0.05) is 48.0 Å². The van der Waals surface area contributed by atoms with Crippen LogP contribution < -0.4 is 10.9 Å². The number of hydrogen-bond acceptors (Lipinski definition) is 5. The van der Waals surface area contributed by atoms with Crippen LogP contribution in [0.2, 0.25) is 0 Å². The second-order valence-electron chi connectivity index (χ2n) is 5.97. The van der Waals surface area contributed by atoms with Crippen molar-refractivity contribution in [1.82, 2.24) is 10.9 Å². The molecule has 0 atom stereocenters. The lowest BCUT2D eigenvalue weighted by Crippen LogP contribution is -2.43. The van der Waals surface area contributed by atoms with E-state index >= 15 is 0 Å². The molecule has 142 valence electrons. The lowest BCUT2D eigenvalue weighted by Gasteiger charge is -2.09. The fraction of sp³-hybridized carbons (Fsp3) is 0.0952. The van der Waals surface area contributed by atoms with E-state index in [0.717, 1.165) is 16.7 Å². The van der Waals surface area contributed by atoms with E-state index in [2.05, 4.69) is 10.9 Å². The van der Waals surface area contributed by atoms with Gasteiger partial charge in [-0.3, -0.25) is 20.4 Å². The monoisotopic (exact) mass is 394 g/mol. The van der Waals surface area contributed by atoms with Crippen LogP contribution in [0, 0.1) is 6.92 Å². The van der Waals surface area contributed by atoms with Gasteiger partial charge in [-0.05, 0) is 36.1 Å². The smallest absolute Gasteiger partial charge is 0.349 e. The predicted molar refractivity (Wildman–Crippen MR) is 107 cm³/mol. The van der Waals surface area contributed by atoms with Gasteiger partial charge in [0.05, 0.1) is 0 Å².